The topological polar surface area (TPSA) is 580 Å². The van der Waals surface area contributed by atoms with Crippen molar-refractivity contribution in [2.24, 2.45) is 114 Å². The number of hydrogen-bond acceptors (Lipinski definition) is 19. The van der Waals surface area contributed by atoms with Gasteiger partial charge >= 0.3 is 5.97 Å². The summed E-state index contributed by atoms with van der Waals surface area (Å²) in [5.41, 5.74) is 40.4. The van der Waals surface area contributed by atoms with Crippen LogP contribution in [-0.4, -0.2) is 184 Å². The number of carboxylic acid groups (broad SMARTS) is 1. The lowest BCUT2D eigenvalue weighted by molar-refractivity contribution is -0.142. The smallest absolute Gasteiger partial charge is 0.305 e. The van der Waals surface area contributed by atoms with Crippen LogP contribution in [0.3, 0.4) is 0 Å². The molecular formula is C80H125N17O16S. The number of carboxylic acids is 1. The summed E-state index contributed by atoms with van der Waals surface area (Å²) in [7, 11) is 0. The van der Waals surface area contributed by atoms with Crippen LogP contribution in [0.2, 0.25) is 0 Å². The van der Waals surface area contributed by atoms with Crippen LogP contribution >= 0.6 is 11.8 Å². The van der Waals surface area contributed by atoms with E-state index in [-0.39, 0.29) is 126 Å². The van der Waals surface area contributed by atoms with Gasteiger partial charge in [-0.05, 0) is 92.1 Å². The maximum Gasteiger partial charge on any atom is 0.305 e. The standard InChI is InChI=1S/C80H125N17O16S/c1-11-48(10)71-67(103)39-54(46(6)7)64(100)38-53(45(4)5)63(99)36-51(25-18-30-88-78(82)83)72(108)94-60(41-70(106)107)77(113)92-56(26-19-31-89-79(84)85)66(102)40-55(47(8)9)74(110)95-59(35-50-23-16-13-17-24-50)76(112)93-57(27-20-32-90-80(86)87)75(111)96-61(62(98)28-29-68(81)104)42-114-43-69(105)91-58(34-49-21-14-12-15-22-49)65(101)37-52(33-44(2)3)73(109)97-71/h12-17,21-24,44-48,51-61,71H,11,18-20,25-43H2,1-10H3,(H2,81,104)(H,91,105)(H,92,113)(H,93,112)(H,94,108)(H,95,110)(H,96,111)(H,97,109)(H,106,107)(H4,82,83,88)(H4,84,85,89)(H4,86,87,90)/t48-,51+,52+,53-,54-,55-,56-,57-,58-,59-,60-,61-,71-/m0/s1. The highest BCUT2D eigenvalue weighted by molar-refractivity contribution is 8.00. The first-order chi connectivity index (χ1) is 53.7. The summed E-state index contributed by atoms with van der Waals surface area (Å²) in [4.78, 5) is 228. The molecule has 22 N–H and O–H groups in total. The molecule has 1 fully saturated rings. The second kappa shape index (κ2) is 50.8. The van der Waals surface area contributed by atoms with Crippen molar-refractivity contribution in [1.82, 2.24) is 37.2 Å². The van der Waals surface area contributed by atoms with Gasteiger partial charge in [0.2, 0.25) is 47.3 Å². The Balaban J connectivity index is 2.38. The molecule has 33 nitrogen and oxygen atoms in total. The van der Waals surface area contributed by atoms with Crippen LogP contribution in [0, 0.1) is 59.2 Å². The van der Waals surface area contributed by atoms with Crippen LogP contribution < -0.4 is 77.4 Å². The van der Waals surface area contributed by atoms with Gasteiger partial charge in [-0.25, -0.2) is 0 Å². The number of carbonyl (C=O) groups is 15. The Morgan fingerprint density at radius 3 is 1.39 bits per heavy atom. The molecule has 0 saturated carbocycles. The second-order valence-electron chi connectivity index (χ2n) is 31.0. The molecule has 0 spiro atoms. The van der Waals surface area contributed by atoms with Crippen LogP contribution in [-0.2, 0) is 84.8 Å². The fourth-order valence-corrected chi connectivity index (χ4v) is 14.2. The van der Waals surface area contributed by atoms with E-state index in [1.54, 1.807) is 109 Å². The number of guanidine groups is 3. The van der Waals surface area contributed by atoms with Crippen molar-refractivity contribution in [2.75, 3.05) is 31.1 Å². The number of Topliss-reactive ketones (excluding diaryl/α,β-unsaturated/α-hetero) is 6. The van der Waals surface area contributed by atoms with Gasteiger partial charge in [-0.3, -0.25) is 86.9 Å². The van der Waals surface area contributed by atoms with Gasteiger partial charge in [0.25, 0.3) is 0 Å². The molecular weight excluding hydrogens is 1490 g/mol. The summed E-state index contributed by atoms with van der Waals surface area (Å²) in [5.74, 6) is -21.4. The summed E-state index contributed by atoms with van der Waals surface area (Å²) < 4.78 is 0. The van der Waals surface area contributed by atoms with E-state index >= 15 is 0 Å². The first kappa shape index (κ1) is 98.0. The van der Waals surface area contributed by atoms with Gasteiger partial charge in [0.05, 0.1) is 36.3 Å². The summed E-state index contributed by atoms with van der Waals surface area (Å²) in [6, 6.07) is 6.98. The highest BCUT2D eigenvalue weighted by Crippen LogP contribution is 2.30. The van der Waals surface area contributed by atoms with Gasteiger partial charge in [-0.15, -0.1) is 11.8 Å². The lowest BCUT2D eigenvalue weighted by Crippen LogP contribution is -2.57. The van der Waals surface area contributed by atoms with E-state index < -0.39 is 221 Å². The molecule has 1 aliphatic heterocycles. The molecule has 0 bridgehead atoms. The number of rotatable bonds is 29. The molecule has 1 saturated heterocycles. The minimum atomic E-state index is -1.90. The number of carbonyl (C=O) groups excluding carboxylic acids is 14. The van der Waals surface area contributed by atoms with Gasteiger partial charge in [-0.1, -0.05) is 136 Å². The largest absolute Gasteiger partial charge is 0.481 e. The average Bonchev–Trinajstić information content (AvgIpc) is 0.846. The van der Waals surface area contributed by atoms with Crippen molar-refractivity contribution < 1.29 is 77.0 Å². The minimum absolute atomic E-state index is 0.0159. The fraction of sp³-hybridized carbons (Fsp3) is 0.625. The number of nitrogens with two attached hydrogens (primary N) is 7. The third-order valence-corrected chi connectivity index (χ3v) is 21.1. The van der Waals surface area contributed by atoms with E-state index in [1.807, 2.05) is 20.8 Å². The molecule has 632 valence electrons. The normalized spacial score (nSPS) is 23.8. The number of primary amides is 1. The number of nitrogens with zero attached hydrogens (tertiary/aromatic N) is 3. The van der Waals surface area contributed by atoms with E-state index in [0.29, 0.717) is 17.5 Å². The van der Waals surface area contributed by atoms with E-state index in [0.717, 1.165) is 11.8 Å². The Morgan fingerprint density at radius 2 is 0.886 bits per heavy atom. The van der Waals surface area contributed by atoms with Crippen molar-refractivity contribution in [3.05, 3.63) is 71.8 Å². The Morgan fingerprint density at radius 1 is 0.456 bits per heavy atom. The number of aliphatic imine (C=N–C) groups is 3. The number of ketones is 6. The summed E-state index contributed by atoms with van der Waals surface area (Å²) in [6.45, 7) is 17.3. The molecule has 114 heavy (non-hydrogen) atoms. The number of nitrogens with one attached hydrogen (secondary N) is 7. The van der Waals surface area contributed by atoms with Crippen LogP contribution in [0.5, 0.6) is 0 Å². The van der Waals surface area contributed by atoms with Crippen LogP contribution in [0.25, 0.3) is 0 Å². The van der Waals surface area contributed by atoms with Crippen molar-refractivity contribution in [3.8, 4) is 0 Å². The highest BCUT2D eigenvalue weighted by atomic mass is 32.2. The quantitative estimate of drug-likeness (QED) is 0.0315. The molecule has 0 aliphatic carbocycles. The monoisotopic (exact) mass is 1610 g/mol. The zero-order valence-corrected chi connectivity index (χ0v) is 68.5. The zero-order chi connectivity index (χ0) is 85.5. The molecule has 34 heteroatoms. The number of amides is 8. The van der Waals surface area contributed by atoms with E-state index in [9.17, 15) is 77.0 Å². The summed E-state index contributed by atoms with van der Waals surface area (Å²) in [6.07, 6.45) is -4.12. The predicted octanol–water partition coefficient (Wildman–Crippen LogP) is 2.02. The summed E-state index contributed by atoms with van der Waals surface area (Å²) in [5, 5.41) is 29.3. The number of hydrogen-bond donors (Lipinski definition) is 15. The first-order valence-corrected chi connectivity index (χ1v) is 40.5. The Hall–Kier alpha value is -10.2. The number of aliphatic carboxylic acids is 1. The third-order valence-electron chi connectivity index (χ3n) is 20.1. The third kappa shape index (κ3) is 36.8. The molecule has 2 aromatic carbocycles. The molecule has 0 radical (unpaired) electrons. The molecule has 8 amide bonds. The van der Waals surface area contributed by atoms with Gasteiger partial charge in [0, 0.05) is 106 Å². The molecule has 13 atom stereocenters. The van der Waals surface area contributed by atoms with E-state index in [1.165, 1.54) is 0 Å². The molecule has 2 aromatic rings. The van der Waals surface area contributed by atoms with Crippen molar-refractivity contribution >= 4 is 118 Å². The Bertz CT molecular complexity index is 3660. The van der Waals surface area contributed by atoms with Crippen LogP contribution in [0.4, 0.5) is 0 Å². The average molecular weight is 1610 g/mol. The number of thioether (sulfide) groups is 1. The van der Waals surface area contributed by atoms with Crippen LogP contribution in [0.15, 0.2) is 75.6 Å². The first-order valence-electron chi connectivity index (χ1n) is 39.3. The van der Waals surface area contributed by atoms with Gasteiger partial charge in [0.1, 0.15) is 29.7 Å². The Kier molecular flexibility index (Phi) is 43.7. The number of benzene rings is 2. The maximum absolute atomic E-state index is 15.0. The summed E-state index contributed by atoms with van der Waals surface area (Å²) >= 11 is 0.890. The highest BCUT2D eigenvalue weighted by Gasteiger charge is 2.41. The Labute approximate surface area is 673 Å². The van der Waals surface area contributed by atoms with Crippen LogP contribution in [0.1, 0.15) is 183 Å². The fourth-order valence-electron chi connectivity index (χ4n) is 13.3. The van der Waals surface area contributed by atoms with Gasteiger partial charge in [0.15, 0.2) is 41.0 Å². The molecule has 1 aliphatic rings. The van der Waals surface area contributed by atoms with Gasteiger partial charge in [-0.2, -0.15) is 0 Å². The molecule has 0 aromatic heterocycles. The predicted molar refractivity (Wildman–Crippen MR) is 436 cm³/mol. The minimum Gasteiger partial charge on any atom is -0.481 e. The zero-order valence-electron chi connectivity index (χ0n) is 67.7. The lowest BCUT2D eigenvalue weighted by Gasteiger charge is -2.30. The lowest BCUT2D eigenvalue weighted by atomic mass is 9.76. The van der Waals surface area contributed by atoms with E-state index in [2.05, 4.69) is 52.2 Å². The van der Waals surface area contributed by atoms with Crippen molar-refractivity contribution in [3.63, 3.8) is 0 Å². The van der Waals surface area contributed by atoms with Gasteiger partial charge < -0.3 is 82.5 Å². The van der Waals surface area contributed by atoms with Crippen molar-refractivity contribution in [2.45, 2.75) is 227 Å². The molecule has 3 rings (SSSR count). The van der Waals surface area contributed by atoms with E-state index in [4.69, 9.17) is 40.1 Å². The molecule has 1 heterocycles. The second-order valence-corrected chi connectivity index (χ2v) is 32.0. The SMILES string of the molecule is CC[C@H](C)[C@@H]1NC(=O)[C@H](CC(C)C)CC(=O)[C@H](Cc2ccccc2)NC(=O)CSC[C@@H](C(=O)CCC(N)=O)NC(=O)[C@H](CCCN=C(N)N)NC(=O)[C@H](Cc2ccccc2)NC(=O)[C@H](C(C)C)CC(=O)[C@H](CCCN=C(N)N)NC(=O)[C@H](CC(=O)O)NC(=O)[C@H](CCCN=C(N)N)CC(=O)[C@H](C(C)C)CC(=O)[C@H](C(C)C)CC1=O. The van der Waals surface area contributed by atoms with Crippen molar-refractivity contribution in [1.29, 1.82) is 0 Å². The molecule has 0 unspecified atom stereocenters. The maximum atomic E-state index is 15.0.